The van der Waals surface area contributed by atoms with Crippen LogP contribution in [0.2, 0.25) is 0 Å². The van der Waals surface area contributed by atoms with Crippen LogP contribution in [-0.2, 0) is 14.9 Å². The molecule has 0 aromatic heterocycles. The molecule has 5 fully saturated rings. The Hall–Kier alpha value is -1.26. The van der Waals surface area contributed by atoms with Crippen molar-refractivity contribution in [2.45, 2.75) is 69.9 Å². The van der Waals surface area contributed by atoms with Crippen LogP contribution in [0.1, 0.15) is 63.9 Å². The van der Waals surface area contributed by atoms with E-state index in [0.717, 1.165) is 51.9 Å². The van der Waals surface area contributed by atoms with Crippen molar-refractivity contribution in [3.05, 3.63) is 35.9 Å². The second-order valence-electron chi connectivity index (χ2n) is 11.0. The first kappa shape index (κ1) is 20.6. The van der Waals surface area contributed by atoms with Gasteiger partial charge in [-0.05, 0) is 86.6 Å². The highest BCUT2D eigenvalue weighted by Crippen LogP contribution is 2.70. The Morgan fingerprint density at radius 1 is 1.17 bits per heavy atom. The Labute approximate surface area is 180 Å². The summed E-state index contributed by atoms with van der Waals surface area (Å²) in [5.41, 5.74) is 1.30. The molecule has 2 unspecified atom stereocenters. The third-order valence-electron chi connectivity index (χ3n) is 8.76. The minimum Gasteiger partial charge on any atom is -0.381 e. The largest absolute Gasteiger partial charge is 0.381 e. The predicted octanol–water partition coefficient (Wildman–Crippen LogP) is 4.84. The minimum atomic E-state index is -0.892. The average molecular weight is 414 g/mol. The molecule has 6 atom stereocenters. The molecule has 30 heavy (non-hydrogen) atoms. The van der Waals surface area contributed by atoms with Crippen LogP contribution < -0.4 is 5.32 Å². The highest BCUT2D eigenvalue weighted by molar-refractivity contribution is 5.86. The third kappa shape index (κ3) is 3.44. The molecule has 3 nitrogen and oxygen atoms in total. The molecule has 1 aromatic rings. The van der Waals surface area contributed by atoms with Gasteiger partial charge in [0, 0.05) is 25.0 Å². The number of rotatable bonds is 7. The Balaban J connectivity index is 1.48. The van der Waals surface area contributed by atoms with Crippen molar-refractivity contribution in [1.29, 1.82) is 0 Å². The fourth-order valence-electron chi connectivity index (χ4n) is 8.10. The van der Waals surface area contributed by atoms with Crippen molar-refractivity contribution in [3.8, 4) is 0 Å². The topological polar surface area (TPSA) is 38.3 Å². The number of carbonyl (C=O) groups excluding carboxylic acids is 1. The van der Waals surface area contributed by atoms with Crippen molar-refractivity contribution < 1.29 is 13.9 Å². The summed E-state index contributed by atoms with van der Waals surface area (Å²) in [6, 6.07) is 10.9. The minimum absolute atomic E-state index is 0.0800. The molecule has 4 heteroatoms. The molecule has 0 radical (unpaired) electrons. The number of hydrogen-bond acceptors (Lipinski definition) is 3. The van der Waals surface area contributed by atoms with Gasteiger partial charge in [-0.2, -0.15) is 0 Å². The number of alkyl halides is 1. The second kappa shape index (κ2) is 7.70. The number of Topliss-reactive ketones (excluding diaryl/α,β-unsaturated/α-hetero) is 1. The Morgan fingerprint density at radius 2 is 2.00 bits per heavy atom. The van der Waals surface area contributed by atoms with E-state index in [2.05, 4.69) is 42.6 Å². The quantitative estimate of drug-likeness (QED) is 0.695. The van der Waals surface area contributed by atoms with Crippen molar-refractivity contribution in [3.63, 3.8) is 0 Å². The number of ketones is 1. The normalized spacial score (nSPS) is 42.4. The number of nitrogens with one attached hydrogen (secondary N) is 1. The summed E-state index contributed by atoms with van der Waals surface area (Å²) in [4.78, 5) is 13.9. The van der Waals surface area contributed by atoms with Crippen LogP contribution in [0.4, 0.5) is 4.39 Å². The zero-order valence-electron chi connectivity index (χ0n) is 18.3. The molecule has 0 spiro atoms. The van der Waals surface area contributed by atoms with Gasteiger partial charge in [-0.15, -0.1) is 0 Å². The highest BCUT2D eigenvalue weighted by Gasteiger charge is 2.65. The highest BCUT2D eigenvalue weighted by atomic mass is 19.1. The molecule has 1 aromatic carbocycles. The Bertz CT molecular complexity index is 784. The number of benzene rings is 1. The van der Waals surface area contributed by atoms with Crippen LogP contribution in [0.25, 0.3) is 0 Å². The Kier molecular flexibility index (Phi) is 5.30. The van der Waals surface area contributed by atoms with Gasteiger partial charge in [-0.1, -0.05) is 30.3 Å². The first-order chi connectivity index (χ1) is 14.5. The van der Waals surface area contributed by atoms with E-state index in [4.69, 9.17) is 4.74 Å². The maximum absolute atomic E-state index is 14.5. The summed E-state index contributed by atoms with van der Waals surface area (Å²) < 4.78 is 20.5. The van der Waals surface area contributed by atoms with Gasteiger partial charge in [0.2, 0.25) is 0 Å². The van der Waals surface area contributed by atoms with E-state index in [-0.39, 0.29) is 22.2 Å². The maximum Gasteiger partial charge on any atom is 0.139 e. The van der Waals surface area contributed by atoms with E-state index >= 15 is 0 Å². The van der Waals surface area contributed by atoms with Gasteiger partial charge in [0.25, 0.3) is 0 Å². The van der Waals surface area contributed by atoms with Crippen molar-refractivity contribution in [1.82, 2.24) is 5.32 Å². The number of carbonyl (C=O) groups is 1. The molecule has 1 heterocycles. The first-order valence-electron chi connectivity index (χ1n) is 12.0. The predicted molar refractivity (Wildman–Crippen MR) is 116 cm³/mol. The summed E-state index contributed by atoms with van der Waals surface area (Å²) in [7, 11) is 0. The van der Waals surface area contributed by atoms with Crippen LogP contribution in [0, 0.1) is 22.7 Å². The van der Waals surface area contributed by atoms with E-state index in [9.17, 15) is 9.18 Å². The van der Waals surface area contributed by atoms with Crippen molar-refractivity contribution in [2.24, 2.45) is 22.7 Å². The lowest BCUT2D eigenvalue weighted by Crippen LogP contribution is -2.62. The fourth-order valence-corrected chi connectivity index (χ4v) is 8.10. The van der Waals surface area contributed by atoms with Gasteiger partial charge in [0.05, 0.1) is 6.61 Å². The molecule has 1 saturated heterocycles. The summed E-state index contributed by atoms with van der Waals surface area (Å²) in [5.74, 6) is 0.824. The van der Waals surface area contributed by atoms with Crippen LogP contribution in [-0.4, -0.2) is 38.3 Å². The van der Waals surface area contributed by atoms with E-state index in [0.29, 0.717) is 24.7 Å². The zero-order valence-corrected chi connectivity index (χ0v) is 18.3. The number of halogens is 1. The standard InChI is InChI=1S/C26H36FNO2/c1-2-30-18-24-11-19-12-25(15-24,21-6-4-3-5-7-21)17-26(13-19,16-24)23(29)10-20-8-9-28-14-22(20)27/h3-7,19-20,22,28H,2,8-18H2,1H3/t19?,20-,22-,24-,25+,26?/m0/s1. The van der Waals surface area contributed by atoms with E-state index in [1.165, 1.54) is 18.4 Å². The summed E-state index contributed by atoms with van der Waals surface area (Å²) in [5, 5.41) is 3.13. The van der Waals surface area contributed by atoms with Gasteiger partial charge < -0.3 is 10.1 Å². The average Bonchev–Trinajstić information content (AvgIpc) is 2.74. The van der Waals surface area contributed by atoms with Crippen molar-refractivity contribution in [2.75, 3.05) is 26.3 Å². The molecular weight excluding hydrogens is 377 g/mol. The SMILES string of the molecule is CCOC[C@]12CC3CC(C(=O)C[C@@H]4CCNC[C@@H]4F)(C1)C[C@@](c1ccccc1)(C3)C2. The van der Waals surface area contributed by atoms with Gasteiger partial charge in [-0.25, -0.2) is 4.39 Å². The molecular formula is C26H36FNO2. The van der Waals surface area contributed by atoms with Crippen LogP contribution in [0.15, 0.2) is 30.3 Å². The molecule has 4 aliphatic carbocycles. The molecule has 4 saturated carbocycles. The van der Waals surface area contributed by atoms with Crippen molar-refractivity contribution >= 4 is 5.78 Å². The molecule has 6 rings (SSSR count). The monoisotopic (exact) mass is 413 g/mol. The summed E-state index contributed by atoms with van der Waals surface area (Å²) in [6.07, 6.45) is 6.74. The molecule has 5 aliphatic rings. The first-order valence-corrected chi connectivity index (χ1v) is 12.0. The number of piperidine rings is 1. The fraction of sp³-hybridized carbons (Fsp3) is 0.731. The lowest BCUT2D eigenvalue weighted by Gasteiger charge is -2.66. The van der Waals surface area contributed by atoms with Crippen LogP contribution in [0.5, 0.6) is 0 Å². The Morgan fingerprint density at radius 3 is 2.77 bits per heavy atom. The molecule has 4 bridgehead atoms. The zero-order chi connectivity index (χ0) is 20.8. The van der Waals surface area contributed by atoms with E-state index < -0.39 is 6.17 Å². The maximum atomic E-state index is 14.5. The van der Waals surface area contributed by atoms with Gasteiger partial charge in [0.1, 0.15) is 12.0 Å². The molecule has 0 amide bonds. The number of ether oxygens (including phenoxy) is 1. The van der Waals surface area contributed by atoms with Gasteiger partial charge in [0.15, 0.2) is 0 Å². The summed E-state index contributed by atoms with van der Waals surface area (Å²) in [6.45, 7) is 4.78. The molecule has 164 valence electrons. The molecule has 1 aliphatic heterocycles. The smallest absolute Gasteiger partial charge is 0.139 e. The third-order valence-corrected chi connectivity index (χ3v) is 8.76. The lowest BCUT2D eigenvalue weighted by molar-refractivity contribution is -0.171. The summed E-state index contributed by atoms with van der Waals surface area (Å²) >= 11 is 0. The van der Waals surface area contributed by atoms with Crippen LogP contribution >= 0.6 is 0 Å². The van der Waals surface area contributed by atoms with Gasteiger partial charge >= 0.3 is 0 Å². The van der Waals surface area contributed by atoms with Gasteiger partial charge in [-0.3, -0.25) is 4.79 Å². The van der Waals surface area contributed by atoms with E-state index in [1.807, 2.05) is 0 Å². The van der Waals surface area contributed by atoms with Crippen LogP contribution in [0.3, 0.4) is 0 Å². The lowest BCUT2D eigenvalue weighted by atomic mass is 9.37. The molecule has 1 N–H and O–H groups in total. The van der Waals surface area contributed by atoms with E-state index in [1.54, 1.807) is 0 Å². The number of hydrogen-bond donors (Lipinski definition) is 1. The second-order valence-corrected chi connectivity index (χ2v) is 11.0.